The van der Waals surface area contributed by atoms with Crippen molar-refractivity contribution in [3.63, 3.8) is 0 Å². The smallest absolute Gasteiger partial charge is 0.263 e. The van der Waals surface area contributed by atoms with Gasteiger partial charge >= 0.3 is 0 Å². The first-order valence-electron chi connectivity index (χ1n) is 10.8. The molecule has 8 heteroatoms. The quantitative estimate of drug-likeness (QED) is 0.450. The van der Waals surface area contributed by atoms with E-state index in [9.17, 15) is 4.79 Å². The van der Waals surface area contributed by atoms with Crippen molar-refractivity contribution in [1.29, 1.82) is 0 Å². The second-order valence-electron chi connectivity index (χ2n) is 7.77. The summed E-state index contributed by atoms with van der Waals surface area (Å²) in [6.45, 7) is 4.19. The molecule has 0 bridgehead atoms. The van der Waals surface area contributed by atoms with Crippen molar-refractivity contribution < 1.29 is 4.52 Å². The lowest BCUT2D eigenvalue weighted by atomic mass is 10.0. The summed E-state index contributed by atoms with van der Waals surface area (Å²) in [5, 5.41) is 5.40. The maximum atomic E-state index is 12.6. The highest BCUT2D eigenvalue weighted by molar-refractivity contribution is 6.30. The molecule has 3 atom stereocenters. The van der Waals surface area contributed by atoms with E-state index in [4.69, 9.17) is 16.1 Å². The van der Waals surface area contributed by atoms with Crippen LogP contribution in [0.4, 0.5) is 0 Å². The summed E-state index contributed by atoms with van der Waals surface area (Å²) < 4.78 is 6.89. The second-order valence-corrected chi connectivity index (χ2v) is 8.21. The van der Waals surface area contributed by atoms with E-state index in [0.29, 0.717) is 34.6 Å². The van der Waals surface area contributed by atoms with Crippen molar-refractivity contribution >= 4 is 28.2 Å². The molecule has 2 aliphatic rings. The van der Waals surface area contributed by atoms with E-state index in [0.717, 1.165) is 11.4 Å². The molecule has 0 aliphatic heterocycles. The van der Waals surface area contributed by atoms with Gasteiger partial charge in [-0.05, 0) is 53.7 Å². The molecule has 0 N–H and O–H groups in total. The van der Waals surface area contributed by atoms with Crippen LogP contribution in [0, 0.1) is 11.8 Å². The van der Waals surface area contributed by atoms with Crippen molar-refractivity contribution in [3.8, 4) is 0 Å². The lowest BCUT2D eigenvalue weighted by molar-refractivity contribution is 0.364. The fraction of sp³-hybridized carbons (Fsp3) is 0.292. The van der Waals surface area contributed by atoms with Gasteiger partial charge in [0.2, 0.25) is 5.89 Å². The van der Waals surface area contributed by atoms with E-state index < -0.39 is 0 Å². The average Bonchev–Trinajstić information content (AvgIpc) is 3.16. The molecule has 3 unspecified atom stereocenters. The van der Waals surface area contributed by atoms with Gasteiger partial charge in [0, 0.05) is 17.1 Å². The van der Waals surface area contributed by atoms with Gasteiger partial charge in [0.25, 0.3) is 5.56 Å². The molecule has 1 fully saturated rings. The minimum Gasteiger partial charge on any atom is -0.337 e. The second kappa shape index (κ2) is 8.31. The SMILES string of the molecule is CC.O=c1c2cccnc2ncn1Cc1nc(C2C3C=C(c4cccc(Cl)c4)CC32)no1. The van der Waals surface area contributed by atoms with Crippen LogP contribution in [-0.4, -0.2) is 24.7 Å². The molecular formula is C24H22ClN5O2. The summed E-state index contributed by atoms with van der Waals surface area (Å²) >= 11 is 6.12. The number of halogens is 1. The molecule has 1 aromatic carbocycles. The highest BCUT2D eigenvalue weighted by atomic mass is 35.5. The Morgan fingerprint density at radius 1 is 1.19 bits per heavy atom. The first-order chi connectivity index (χ1) is 15.7. The van der Waals surface area contributed by atoms with Gasteiger partial charge < -0.3 is 4.52 Å². The van der Waals surface area contributed by atoms with E-state index >= 15 is 0 Å². The first-order valence-corrected chi connectivity index (χ1v) is 11.1. The summed E-state index contributed by atoms with van der Waals surface area (Å²) in [7, 11) is 0. The molecule has 0 radical (unpaired) electrons. The van der Waals surface area contributed by atoms with Crippen LogP contribution in [0.25, 0.3) is 16.6 Å². The summed E-state index contributed by atoms with van der Waals surface area (Å²) in [5.41, 5.74) is 2.76. The zero-order valence-electron chi connectivity index (χ0n) is 17.8. The standard InChI is InChI=1S/C22H16ClN5O2.C2H6/c23-14-4-1-3-12(7-14)13-8-16-17(9-13)19(16)21-26-18(30-27-21)10-28-11-25-20-15(22(28)29)5-2-6-24-20;1-2/h1-8,11,16-17,19H,9-10H2;1-2H3. The molecule has 32 heavy (non-hydrogen) atoms. The van der Waals surface area contributed by atoms with Gasteiger partial charge in [-0.2, -0.15) is 4.98 Å². The maximum Gasteiger partial charge on any atom is 0.263 e. The number of nitrogens with zero attached hydrogens (tertiary/aromatic N) is 5. The monoisotopic (exact) mass is 447 g/mol. The first kappa shape index (κ1) is 20.6. The van der Waals surface area contributed by atoms with Crippen molar-refractivity contribution in [3.05, 3.63) is 87.7 Å². The summed E-state index contributed by atoms with van der Waals surface area (Å²) in [4.78, 5) is 25.5. The van der Waals surface area contributed by atoms with Gasteiger partial charge in [0.1, 0.15) is 12.9 Å². The number of fused-ring (bicyclic) bond motifs is 2. The number of benzene rings is 1. The fourth-order valence-electron chi connectivity index (χ4n) is 4.44. The van der Waals surface area contributed by atoms with Crippen molar-refractivity contribution in [1.82, 2.24) is 24.7 Å². The number of hydrogen-bond acceptors (Lipinski definition) is 6. The lowest BCUT2D eigenvalue weighted by Crippen LogP contribution is -2.21. The molecule has 2 aliphatic carbocycles. The lowest BCUT2D eigenvalue weighted by Gasteiger charge is -2.06. The minimum atomic E-state index is -0.176. The predicted molar refractivity (Wildman–Crippen MR) is 122 cm³/mol. The molecule has 7 nitrogen and oxygen atoms in total. The summed E-state index contributed by atoms with van der Waals surface area (Å²) in [6, 6.07) is 11.4. The van der Waals surface area contributed by atoms with Gasteiger partial charge in [0.15, 0.2) is 11.5 Å². The Kier molecular flexibility index (Phi) is 5.35. The van der Waals surface area contributed by atoms with Crippen LogP contribution >= 0.6 is 11.6 Å². The Morgan fingerprint density at radius 2 is 2.06 bits per heavy atom. The summed E-state index contributed by atoms with van der Waals surface area (Å²) in [5.74, 6) is 2.33. The van der Waals surface area contributed by atoms with Crippen LogP contribution in [-0.2, 0) is 6.54 Å². The van der Waals surface area contributed by atoms with Crippen molar-refractivity contribution in [2.75, 3.05) is 0 Å². The number of aromatic nitrogens is 5. The summed E-state index contributed by atoms with van der Waals surface area (Å²) in [6.07, 6.45) is 6.37. The number of rotatable bonds is 4. The number of allylic oxidation sites excluding steroid dienone is 2. The van der Waals surface area contributed by atoms with E-state index in [-0.39, 0.29) is 18.0 Å². The van der Waals surface area contributed by atoms with Gasteiger partial charge in [-0.1, -0.05) is 48.8 Å². The Bertz CT molecular complexity index is 1380. The van der Waals surface area contributed by atoms with E-state index in [1.165, 1.54) is 22.0 Å². The maximum absolute atomic E-state index is 12.6. The van der Waals surface area contributed by atoms with E-state index in [1.807, 2.05) is 32.0 Å². The van der Waals surface area contributed by atoms with Crippen LogP contribution in [0.5, 0.6) is 0 Å². The molecule has 3 heterocycles. The van der Waals surface area contributed by atoms with Gasteiger partial charge in [0.05, 0.1) is 5.39 Å². The van der Waals surface area contributed by atoms with Gasteiger partial charge in [-0.15, -0.1) is 0 Å². The van der Waals surface area contributed by atoms with Crippen LogP contribution in [0.1, 0.15) is 43.5 Å². The van der Waals surface area contributed by atoms with Crippen LogP contribution in [0.3, 0.4) is 0 Å². The molecule has 1 saturated carbocycles. The Hall–Kier alpha value is -3.32. The molecule has 4 aromatic rings. The van der Waals surface area contributed by atoms with Crippen LogP contribution < -0.4 is 5.56 Å². The van der Waals surface area contributed by atoms with Gasteiger partial charge in [-0.3, -0.25) is 9.36 Å². The normalized spacial score (nSPS) is 21.0. The zero-order valence-corrected chi connectivity index (χ0v) is 18.5. The Labute approximate surface area is 189 Å². The molecule has 3 aromatic heterocycles. The molecule has 0 spiro atoms. The number of hydrogen-bond donors (Lipinski definition) is 0. The molecule has 6 rings (SSSR count). The van der Waals surface area contributed by atoms with Crippen molar-refractivity contribution in [2.45, 2.75) is 32.7 Å². The third-order valence-electron chi connectivity index (χ3n) is 5.96. The van der Waals surface area contributed by atoms with E-state index in [1.54, 1.807) is 18.3 Å². The highest BCUT2D eigenvalue weighted by Crippen LogP contribution is 2.62. The Morgan fingerprint density at radius 3 is 2.84 bits per heavy atom. The van der Waals surface area contributed by atoms with E-state index in [2.05, 4.69) is 32.3 Å². The zero-order chi connectivity index (χ0) is 22.2. The minimum absolute atomic E-state index is 0.176. The topological polar surface area (TPSA) is 86.7 Å². The molecule has 0 amide bonds. The van der Waals surface area contributed by atoms with Crippen LogP contribution in [0.15, 0.2) is 64.3 Å². The third kappa shape index (κ3) is 3.62. The highest BCUT2D eigenvalue weighted by Gasteiger charge is 2.55. The van der Waals surface area contributed by atoms with Crippen LogP contribution in [0.2, 0.25) is 5.02 Å². The predicted octanol–water partition coefficient (Wildman–Crippen LogP) is 4.72. The molecule has 0 saturated heterocycles. The average molecular weight is 448 g/mol. The third-order valence-corrected chi connectivity index (χ3v) is 6.19. The molecular weight excluding hydrogens is 426 g/mol. The van der Waals surface area contributed by atoms with Gasteiger partial charge in [-0.25, -0.2) is 9.97 Å². The number of pyridine rings is 1. The fourth-order valence-corrected chi connectivity index (χ4v) is 4.63. The molecule has 162 valence electrons. The Balaban J connectivity index is 0.00000105. The van der Waals surface area contributed by atoms with Crippen molar-refractivity contribution in [2.24, 2.45) is 11.8 Å². The largest absolute Gasteiger partial charge is 0.337 e.